The molecule has 0 aromatic carbocycles. The van der Waals surface area contributed by atoms with Gasteiger partial charge in [-0.25, -0.2) is 19.0 Å². The summed E-state index contributed by atoms with van der Waals surface area (Å²) < 4.78 is 67.5. The number of carbonyl (C=O) groups is 3. The lowest BCUT2D eigenvalue weighted by atomic mass is 9.95. The summed E-state index contributed by atoms with van der Waals surface area (Å²) in [5.74, 6) is -2.03. The third kappa shape index (κ3) is 10.1. The van der Waals surface area contributed by atoms with E-state index in [1.165, 1.54) is 0 Å². The summed E-state index contributed by atoms with van der Waals surface area (Å²) in [5, 5.41) is 11.3. The highest BCUT2D eigenvalue weighted by Crippen LogP contribution is 2.38. The van der Waals surface area contributed by atoms with Gasteiger partial charge in [0.25, 0.3) is 5.56 Å². The number of carbonyl (C=O) groups excluding carboxylic acids is 3. The Balaban J connectivity index is 2.41. The van der Waals surface area contributed by atoms with Crippen molar-refractivity contribution in [1.82, 2.24) is 9.13 Å². The van der Waals surface area contributed by atoms with Crippen molar-refractivity contribution in [1.29, 1.82) is 0 Å². The first-order chi connectivity index (χ1) is 20.8. The number of nitrogens with zero attached hydrogens (tertiary/aromatic N) is 2. The van der Waals surface area contributed by atoms with Crippen molar-refractivity contribution in [2.24, 2.45) is 0 Å². The monoisotopic (exact) mass is 638 g/mol. The lowest BCUT2D eigenvalue weighted by molar-refractivity contribution is -0.174. The summed E-state index contributed by atoms with van der Waals surface area (Å²) in [7, 11) is 0. The van der Waals surface area contributed by atoms with Gasteiger partial charge in [0.05, 0.1) is 13.2 Å². The molecule has 13 nitrogen and oxygen atoms in total. The molecule has 0 aliphatic carbocycles. The van der Waals surface area contributed by atoms with E-state index >= 15 is 0 Å². The van der Waals surface area contributed by atoms with Crippen molar-refractivity contribution in [2.45, 2.75) is 116 Å². The molecule has 16 heteroatoms. The highest BCUT2D eigenvalue weighted by atomic mass is 19.4. The Morgan fingerprint density at radius 1 is 0.955 bits per heavy atom. The molecule has 0 unspecified atom stereocenters. The molecular formula is C28H41F3N2O11. The number of aromatic nitrogens is 2. The second-order valence-corrected chi connectivity index (χ2v) is 10.4. The molecule has 44 heavy (non-hydrogen) atoms. The molecule has 2 heterocycles. The first-order valence-corrected chi connectivity index (χ1v) is 14.7. The highest BCUT2D eigenvalue weighted by Gasteiger charge is 2.56. The van der Waals surface area contributed by atoms with Crippen LogP contribution in [-0.4, -0.2) is 63.9 Å². The minimum Gasteiger partial charge on any atom is -0.463 e. The summed E-state index contributed by atoms with van der Waals surface area (Å²) in [6.45, 7) is 3.69. The molecular weight excluding hydrogens is 597 g/mol. The zero-order valence-electron chi connectivity index (χ0n) is 25.2. The van der Waals surface area contributed by atoms with Crippen molar-refractivity contribution in [2.75, 3.05) is 19.8 Å². The molecule has 1 fully saturated rings. The van der Waals surface area contributed by atoms with Gasteiger partial charge in [0, 0.05) is 19.0 Å². The second-order valence-electron chi connectivity index (χ2n) is 10.4. The lowest BCUT2D eigenvalue weighted by Gasteiger charge is -2.25. The quantitative estimate of drug-likeness (QED) is 0.150. The molecule has 0 saturated carbocycles. The molecule has 0 bridgehead atoms. The van der Waals surface area contributed by atoms with E-state index < -0.39 is 78.8 Å². The minimum atomic E-state index is -5.24. The van der Waals surface area contributed by atoms with Gasteiger partial charge in [-0.1, -0.05) is 52.9 Å². The van der Waals surface area contributed by atoms with E-state index in [4.69, 9.17) is 23.7 Å². The van der Waals surface area contributed by atoms with Crippen LogP contribution < -0.4 is 11.2 Å². The maximum absolute atomic E-state index is 13.9. The van der Waals surface area contributed by atoms with Crippen LogP contribution in [0.25, 0.3) is 0 Å². The fourth-order valence-electron chi connectivity index (χ4n) is 4.26. The Kier molecular flexibility index (Phi) is 14.4. The average Bonchev–Trinajstić information content (AvgIpc) is 3.30. The number of halogens is 3. The van der Waals surface area contributed by atoms with E-state index in [1.54, 1.807) is 0 Å². The Hall–Kier alpha value is -3.40. The van der Waals surface area contributed by atoms with Crippen molar-refractivity contribution in [3.8, 4) is 0 Å². The summed E-state index contributed by atoms with van der Waals surface area (Å²) >= 11 is 0. The van der Waals surface area contributed by atoms with Gasteiger partial charge in [-0.05, 0) is 19.3 Å². The van der Waals surface area contributed by atoms with Crippen LogP contribution in [-0.2, 0) is 46.2 Å². The molecule has 1 aliphatic rings. The van der Waals surface area contributed by atoms with Gasteiger partial charge >= 0.3 is 30.0 Å². The SMILES string of the molecule is CCCCCCC(=O)OCn1c(=O)c(C(F)(F)F)cn([C@H]2C[C@@](O)(C(=O)OCCCC)[C@@H](COC(=O)OCCCC)O2)c1=O. The van der Waals surface area contributed by atoms with Gasteiger partial charge in [0.1, 0.15) is 24.5 Å². The Morgan fingerprint density at radius 3 is 2.20 bits per heavy atom. The number of esters is 2. The second kappa shape index (κ2) is 17.2. The largest absolute Gasteiger partial charge is 0.508 e. The van der Waals surface area contributed by atoms with Crippen LogP contribution in [0.15, 0.2) is 15.8 Å². The van der Waals surface area contributed by atoms with Gasteiger partial charge in [-0.15, -0.1) is 0 Å². The van der Waals surface area contributed by atoms with Crippen LogP contribution in [0, 0.1) is 0 Å². The molecule has 0 spiro atoms. The summed E-state index contributed by atoms with van der Waals surface area (Å²) in [4.78, 5) is 62.9. The maximum Gasteiger partial charge on any atom is 0.508 e. The predicted octanol–water partition coefficient (Wildman–Crippen LogP) is 3.82. The van der Waals surface area contributed by atoms with E-state index in [2.05, 4.69) is 0 Å². The van der Waals surface area contributed by atoms with Crippen LogP contribution >= 0.6 is 0 Å². The van der Waals surface area contributed by atoms with Crippen molar-refractivity contribution in [3.05, 3.63) is 32.6 Å². The molecule has 1 saturated heterocycles. The fourth-order valence-corrected chi connectivity index (χ4v) is 4.26. The van der Waals surface area contributed by atoms with Gasteiger partial charge in [0.15, 0.2) is 12.3 Å². The van der Waals surface area contributed by atoms with Gasteiger partial charge in [-0.2, -0.15) is 13.2 Å². The number of hydrogen-bond donors (Lipinski definition) is 1. The lowest BCUT2D eigenvalue weighted by Crippen LogP contribution is -2.49. The van der Waals surface area contributed by atoms with E-state index in [9.17, 15) is 42.3 Å². The standard InChI is InChI=1S/C28H41F3N2O11/c1-4-7-10-11-12-22(34)43-18-33-23(35)19(28(29,30)31)16-32(25(33)37)21-15-27(39,24(36)40-13-8-5-2)20(44-21)17-42-26(38)41-14-9-6-3/h16,20-21,39H,4-15,17-18H2,1-3H3/t20-,21-,27+/m1/s1. The topological polar surface area (TPSA) is 162 Å². The summed E-state index contributed by atoms with van der Waals surface area (Å²) in [6.07, 6.45) is -5.24. The molecule has 0 amide bonds. The van der Waals surface area contributed by atoms with Gasteiger partial charge in [0.2, 0.25) is 0 Å². The molecule has 3 atom stereocenters. The molecule has 1 aromatic heterocycles. The number of aliphatic hydroxyl groups is 1. The van der Waals surface area contributed by atoms with E-state index in [1.807, 2.05) is 20.8 Å². The van der Waals surface area contributed by atoms with Crippen LogP contribution in [0.4, 0.5) is 18.0 Å². The Labute approximate surface area is 252 Å². The molecule has 1 aliphatic heterocycles. The molecule has 1 aromatic rings. The predicted molar refractivity (Wildman–Crippen MR) is 146 cm³/mol. The number of rotatable bonds is 17. The molecule has 250 valence electrons. The number of alkyl halides is 3. The zero-order chi connectivity index (χ0) is 32.9. The Bertz CT molecular complexity index is 1230. The number of hydrogen-bond acceptors (Lipinski definition) is 11. The third-order valence-electron chi connectivity index (χ3n) is 6.89. The smallest absolute Gasteiger partial charge is 0.463 e. The molecule has 1 N–H and O–H groups in total. The number of unbranched alkanes of at least 4 members (excludes halogenated alkanes) is 5. The first-order valence-electron chi connectivity index (χ1n) is 14.7. The number of ether oxygens (including phenoxy) is 5. The van der Waals surface area contributed by atoms with Crippen molar-refractivity contribution in [3.63, 3.8) is 0 Å². The van der Waals surface area contributed by atoms with Crippen LogP contribution in [0.3, 0.4) is 0 Å². The van der Waals surface area contributed by atoms with E-state index in [0.29, 0.717) is 36.7 Å². The summed E-state index contributed by atoms with van der Waals surface area (Å²) in [5.41, 5.74) is -7.48. The normalized spacial score (nSPS) is 19.9. The van der Waals surface area contributed by atoms with Gasteiger partial charge < -0.3 is 28.8 Å². The van der Waals surface area contributed by atoms with Crippen LogP contribution in [0.5, 0.6) is 0 Å². The van der Waals surface area contributed by atoms with Gasteiger partial charge in [-0.3, -0.25) is 14.2 Å². The summed E-state index contributed by atoms with van der Waals surface area (Å²) in [6, 6.07) is 0. The minimum absolute atomic E-state index is 0.0350. The van der Waals surface area contributed by atoms with E-state index in [-0.39, 0.29) is 30.4 Å². The molecule has 0 radical (unpaired) electrons. The maximum atomic E-state index is 13.9. The Morgan fingerprint density at radius 2 is 1.59 bits per heavy atom. The third-order valence-corrected chi connectivity index (χ3v) is 6.89. The average molecular weight is 639 g/mol. The fraction of sp³-hybridized carbons (Fsp3) is 0.750. The zero-order valence-corrected chi connectivity index (χ0v) is 25.2. The highest BCUT2D eigenvalue weighted by molar-refractivity contribution is 5.80. The van der Waals surface area contributed by atoms with Crippen molar-refractivity contribution >= 4 is 18.1 Å². The van der Waals surface area contributed by atoms with Crippen molar-refractivity contribution < 1.29 is 56.3 Å². The van der Waals surface area contributed by atoms with E-state index in [0.717, 1.165) is 19.3 Å². The first kappa shape index (κ1) is 36.8. The van der Waals surface area contributed by atoms with Crippen LogP contribution in [0.2, 0.25) is 0 Å². The van der Waals surface area contributed by atoms with Crippen LogP contribution in [0.1, 0.15) is 96.8 Å². The molecule has 2 rings (SSSR count).